The van der Waals surface area contributed by atoms with Crippen LogP contribution in [0.2, 0.25) is 0 Å². The topological polar surface area (TPSA) is 6.48 Å². The van der Waals surface area contributed by atoms with Crippen molar-refractivity contribution in [1.29, 1.82) is 0 Å². The number of para-hydroxylation sites is 4. The van der Waals surface area contributed by atoms with Crippen molar-refractivity contribution in [3.63, 3.8) is 0 Å². The lowest BCUT2D eigenvalue weighted by Crippen LogP contribution is -2.11. The van der Waals surface area contributed by atoms with E-state index in [-0.39, 0.29) is 0 Å². The first-order valence-electron chi connectivity index (χ1n) is 20.3. The molecular weight excluding hydrogens is 725 g/mol. The van der Waals surface area contributed by atoms with E-state index in [9.17, 15) is 0 Å². The number of rotatable bonds is 10. The van der Waals surface area contributed by atoms with Gasteiger partial charge in [0.05, 0.1) is 11.4 Å². The van der Waals surface area contributed by atoms with E-state index in [4.69, 9.17) is 0 Å². The number of hydrogen-bond acceptors (Lipinski definition) is 2. The van der Waals surface area contributed by atoms with Crippen molar-refractivity contribution in [2.24, 2.45) is 0 Å². The molecule has 0 spiro atoms. The molecule has 0 N–H and O–H groups in total. The van der Waals surface area contributed by atoms with Crippen LogP contribution in [0.4, 0.5) is 34.1 Å². The molecular formula is C58H40N2. The van der Waals surface area contributed by atoms with Gasteiger partial charge in [0.1, 0.15) is 0 Å². The zero-order chi connectivity index (χ0) is 40.1. The summed E-state index contributed by atoms with van der Waals surface area (Å²) in [7, 11) is 0. The molecule has 2 heteroatoms. The van der Waals surface area contributed by atoms with Crippen molar-refractivity contribution < 1.29 is 0 Å². The summed E-state index contributed by atoms with van der Waals surface area (Å²) in [4.78, 5) is 4.70. The lowest BCUT2D eigenvalue weighted by atomic mass is 9.96. The Bertz CT molecular complexity index is 3080. The van der Waals surface area contributed by atoms with E-state index in [0.29, 0.717) is 0 Å². The quantitative estimate of drug-likeness (QED) is 0.128. The molecule has 1 aliphatic rings. The summed E-state index contributed by atoms with van der Waals surface area (Å²) in [5.41, 5.74) is 22.0. The summed E-state index contributed by atoms with van der Waals surface area (Å²) in [5, 5.41) is 2.49. The van der Waals surface area contributed by atoms with Gasteiger partial charge in [0, 0.05) is 39.4 Å². The summed E-state index contributed by atoms with van der Waals surface area (Å²) in [6.07, 6.45) is 5.95. The SMILES string of the molecule is C1=C=C(c2ccc(N(c3ccccc3)c3ccccc3-c3ccc(-c4ccccc4N(c4ccccc4)c4ccc(-c5ccc6ccccc6c5)cc4)cc3)cc2)C=CC=1. The fraction of sp³-hybridized carbons (Fsp3) is 0. The average Bonchev–Trinajstić information content (AvgIpc) is 3.33. The first kappa shape index (κ1) is 36.2. The molecule has 0 heterocycles. The van der Waals surface area contributed by atoms with E-state index >= 15 is 0 Å². The van der Waals surface area contributed by atoms with Crippen LogP contribution in [-0.4, -0.2) is 0 Å². The van der Waals surface area contributed by atoms with E-state index in [1.807, 2.05) is 12.2 Å². The Labute approximate surface area is 351 Å². The molecule has 10 rings (SSSR count). The van der Waals surface area contributed by atoms with Crippen LogP contribution >= 0.6 is 0 Å². The van der Waals surface area contributed by atoms with Gasteiger partial charge in [-0.3, -0.25) is 0 Å². The van der Waals surface area contributed by atoms with E-state index in [2.05, 4.69) is 252 Å². The standard InChI is InChI=1S/C58H40N2/c1-4-16-43(17-5-1)45-34-38-53(39-35-45)59(51-20-6-2-7-21-51)57-26-14-12-24-55(57)47-29-31-48(32-30-47)56-25-13-15-27-58(56)60(52-22-8-3-9-23-52)54-40-36-46(37-41-54)50-33-28-44-18-10-11-19-49(44)42-50/h1-4,6-16,18-42H. The molecule has 1 aliphatic carbocycles. The summed E-state index contributed by atoms with van der Waals surface area (Å²) >= 11 is 0. The van der Waals surface area contributed by atoms with Gasteiger partial charge < -0.3 is 9.80 Å². The maximum atomic E-state index is 3.24. The highest BCUT2D eigenvalue weighted by atomic mass is 15.1. The number of anilines is 6. The molecule has 0 saturated carbocycles. The van der Waals surface area contributed by atoms with Gasteiger partial charge in [0.25, 0.3) is 0 Å². The number of hydrogen-bond donors (Lipinski definition) is 0. The third-order valence-electron chi connectivity index (χ3n) is 11.1. The second kappa shape index (κ2) is 16.4. The predicted octanol–water partition coefficient (Wildman–Crippen LogP) is 16.0. The Morgan fingerprint density at radius 3 is 1.28 bits per heavy atom. The van der Waals surface area contributed by atoms with Crippen LogP contribution in [0.1, 0.15) is 5.56 Å². The molecule has 0 bridgehead atoms. The molecule has 0 aliphatic heterocycles. The van der Waals surface area contributed by atoms with Gasteiger partial charge in [0.2, 0.25) is 0 Å². The van der Waals surface area contributed by atoms with Crippen LogP contribution in [0.15, 0.2) is 254 Å². The average molecular weight is 765 g/mol. The van der Waals surface area contributed by atoms with Crippen molar-refractivity contribution in [2.75, 3.05) is 9.80 Å². The fourth-order valence-corrected chi connectivity index (χ4v) is 8.15. The Hall–Kier alpha value is -8.12. The lowest BCUT2D eigenvalue weighted by Gasteiger charge is -2.28. The third-order valence-corrected chi connectivity index (χ3v) is 11.1. The van der Waals surface area contributed by atoms with Crippen molar-refractivity contribution in [3.05, 3.63) is 260 Å². The highest BCUT2D eigenvalue weighted by Gasteiger charge is 2.20. The van der Waals surface area contributed by atoms with Crippen molar-refractivity contribution in [2.45, 2.75) is 0 Å². The molecule has 0 saturated heterocycles. The van der Waals surface area contributed by atoms with Gasteiger partial charge in [-0.2, -0.15) is 0 Å². The summed E-state index contributed by atoms with van der Waals surface area (Å²) in [6, 6.07) is 80.5. The molecule has 0 amide bonds. The van der Waals surface area contributed by atoms with Gasteiger partial charge in [-0.15, -0.1) is 0 Å². The Morgan fingerprint density at radius 2 is 0.750 bits per heavy atom. The Morgan fingerprint density at radius 1 is 0.317 bits per heavy atom. The molecule has 0 aromatic heterocycles. The van der Waals surface area contributed by atoms with Crippen LogP contribution in [0, 0.1) is 0 Å². The second-order valence-corrected chi connectivity index (χ2v) is 14.8. The minimum absolute atomic E-state index is 1.03. The fourth-order valence-electron chi connectivity index (χ4n) is 8.15. The highest BCUT2D eigenvalue weighted by Crippen LogP contribution is 2.44. The van der Waals surface area contributed by atoms with Crippen molar-refractivity contribution in [1.82, 2.24) is 0 Å². The Kier molecular flexibility index (Phi) is 9.90. The van der Waals surface area contributed by atoms with Crippen LogP contribution in [0.25, 0.3) is 49.7 Å². The highest BCUT2D eigenvalue weighted by molar-refractivity contribution is 5.92. The first-order chi connectivity index (χ1) is 29.8. The summed E-state index contributed by atoms with van der Waals surface area (Å²) < 4.78 is 0. The van der Waals surface area contributed by atoms with Gasteiger partial charge in [0.15, 0.2) is 0 Å². The number of allylic oxidation sites excluding steroid dienone is 4. The lowest BCUT2D eigenvalue weighted by molar-refractivity contribution is 1.28. The van der Waals surface area contributed by atoms with Gasteiger partial charge in [-0.05, 0) is 117 Å². The normalized spacial score (nSPS) is 11.7. The van der Waals surface area contributed by atoms with Crippen LogP contribution in [0.5, 0.6) is 0 Å². The molecule has 0 radical (unpaired) electrons. The first-order valence-corrected chi connectivity index (χ1v) is 20.3. The molecule has 2 nitrogen and oxygen atoms in total. The summed E-state index contributed by atoms with van der Waals surface area (Å²) in [6.45, 7) is 0. The minimum atomic E-state index is 1.03. The smallest absolute Gasteiger partial charge is 0.0540 e. The van der Waals surface area contributed by atoms with Gasteiger partial charge in [-0.1, -0.05) is 175 Å². The number of nitrogens with zero attached hydrogens (tertiary/aromatic N) is 2. The van der Waals surface area contributed by atoms with E-state index in [1.165, 1.54) is 21.9 Å². The molecule has 282 valence electrons. The zero-order valence-corrected chi connectivity index (χ0v) is 33.0. The zero-order valence-electron chi connectivity index (χ0n) is 33.0. The third kappa shape index (κ3) is 7.29. The van der Waals surface area contributed by atoms with Crippen LogP contribution in [-0.2, 0) is 0 Å². The van der Waals surface area contributed by atoms with Crippen molar-refractivity contribution >= 4 is 50.5 Å². The maximum absolute atomic E-state index is 3.24. The molecule has 0 fully saturated rings. The molecule has 9 aromatic carbocycles. The molecule has 0 unspecified atom stereocenters. The maximum Gasteiger partial charge on any atom is 0.0540 e. The molecule has 0 atom stereocenters. The van der Waals surface area contributed by atoms with Crippen molar-refractivity contribution in [3.8, 4) is 33.4 Å². The van der Waals surface area contributed by atoms with E-state index in [0.717, 1.165) is 67.5 Å². The predicted molar refractivity (Wildman–Crippen MR) is 254 cm³/mol. The van der Waals surface area contributed by atoms with Gasteiger partial charge >= 0.3 is 0 Å². The van der Waals surface area contributed by atoms with Crippen LogP contribution in [0.3, 0.4) is 0 Å². The monoisotopic (exact) mass is 764 g/mol. The second-order valence-electron chi connectivity index (χ2n) is 14.8. The minimum Gasteiger partial charge on any atom is -0.310 e. The van der Waals surface area contributed by atoms with E-state index < -0.39 is 0 Å². The van der Waals surface area contributed by atoms with E-state index in [1.54, 1.807) is 0 Å². The van der Waals surface area contributed by atoms with Crippen LogP contribution < -0.4 is 9.80 Å². The number of fused-ring (bicyclic) bond motifs is 1. The molecule has 60 heavy (non-hydrogen) atoms. The largest absolute Gasteiger partial charge is 0.310 e. The molecule has 9 aromatic rings. The Balaban J connectivity index is 1.00. The summed E-state index contributed by atoms with van der Waals surface area (Å²) in [5.74, 6) is 0. The van der Waals surface area contributed by atoms with Gasteiger partial charge in [-0.25, -0.2) is 0 Å². The number of benzene rings is 9.